The van der Waals surface area contributed by atoms with Gasteiger partial charge in [-0.15, -0.1) is 0 Å². The molecular weight excluding hydrogens is 458 g/mol. The standard InChI is InChI=1S/C23H25N5O5S/c1-5-33-20-11-15(6-7-19(20)32-3)18(13-34(4,30)31)28-22-17(27-23(28)29)10-16(12-26-22)21-14(2)24-8-9-25-21/h6-12,18H,5,13H2,1-4H3,(H,27,29)/t18-/m1/s1. The molecule has 3 heterocycles. The number of sulfone groups is 1. The Balaban J connectivity index is 1.89. The van der Waals surface area contributed by atoms with E-state index < -0.39 is 21.6 Å². The van der Waals surface area contributed by atoms with Crippen LogP contribution in [-0.2, 0) is 9.84 Å². The van der Waals surface area contributed by atoms with E-state index in [9.17, 15) is 13.2 Å². The summed E-state index contributed by atoms with van der Waals surface area (Å²) in [6.07, 6.45) is 5.92. The summed E-state index contributed by atoms with van der Waals surface area (Å²) in [4.78, 5) is 29.0. The number of nitrogens with zero attached hydrogens (tertiary/aromatic N) is 4. The summed E-state index contributed by atoms with van der Waals surface area (Å²) < 4.78 is 37.1. The van der Waals surface area contributed by atoms with Crippen LogP contribution in [0.3, 0.4) is 0 Å². The number of rotatable bonds is 8. The van der Waals surface area contributed by atoms with Crippen LogP contribution >= 0.6 is 0 Å². The zero-order chi connectivity index (χ0) is 24.5. The monoisotopic (exact) mass is 483 g/mol. The lowest BCUT2D eigenvalue weighted by atomic mass is 10.1. The second kappa shape index (κ2) is 9.26. The predicted molar refractivity (Wildman–Crippen MR) is 128 cm³/mol. The Kier molecular flexibility index (Phi) is 6.38. The molecule has 0 unspecified atom stereocenters. The van der Waals surface area contributed by atoms with Crippen molar-refractivity contribution in [2.24, 2.45) is 0 Å². The molecule has 0 fully saturated rings. The lowest BCUT2D eigenvalue weighted by Gasteiger charge is -2.20. The van der Waals surface area contributed by atoms with Crippen LogP contribution in [0.5, 0.6) is 11.5 Å². The number of H-pyrrole nitrogens is 1. The highest BCUT2D eigenvalue weighted by atomic mass is 32.2. The third-order valence-electron chi connectivity index (χ3n) is 5.35. The summed E-state index contributed by atoms with van der Waals surface area (Å²) in [5.41, 5.74) is 2.96. The van der Waals surface area contributed by atoms with Crippen LogP contribution in [0.2, 0.25) is 0 Å². The Labute approximate surface area is 196 Å². The molecule has 11 heteroatoms. The van der Waals surface area contributed by atoms with Gasteiger partial charge in [0.05, 0.1) is 42.4 Å². The maximum atomic E-state index is 13.1. The fraction of sp³-hybridized carbons (Fsp3) is 0.304. The number of nitrogens with one attached hydrogen (secondary N) is 1. The number of hydrogen-bond donors (Lipinski definition) is 1. The Morgan fingerprint density at radius 2 is 1.88 bits per heavy atom. The summed E-state index contributed by atoms with van der Waals surface area (Å²) in [6.45, 7) is 4.07. The van der Waals surface area contributed by atoms with Crippen molar-refractivity contribution in [2.45, 2.75) is 19.9 Å². The van der Waals surface area contributed by atoms with E-state index in [1.54, 1.807) is 42.9 Å². The highest BCUT2D eigenvalue weighted by molar-refractivity contribution is 7.90. The normalized spacial score (nSPS) is 12.6. The summed E-state index contributed by atoms with van der Waals surface area (Å²) in [5.74, 6) is 0.670. The first-order valence-electron chi connectivity index (χ1n) is 10.6. The van der Waals surface area contributed by atoms with Crippen molar-refractivity contribution in [3.8, 4) is 22.8 Å². The van der Waals surface area contributed by atoms with Gasteiger partial charge in [-0.25, -0.2) is 18.2 Å². The van der Waals surface area contributed by atoms with Gasteiger partial charge in [-0.3, -0.25) is 14.5 Å². The van der Waals surface area contributed by atoms with Crippen molar-refractivity contribution in [3.05, 3.63) is 64.6 Å². The fourth-order valence-electron chi connectivity index (χ4n) is 3.90. The van der Waals surface area contributed by atoms with Crippen molar-refractivity contribution in [1.82, 2.24) is 24.5 Å². The molecule has 0 saturated carbocycles. The molecule has 1 atom stereocenters. The van der Waals surface area contributed by atoms with Crippen molar-refractivity contribution in [1.29, 1.82) is 0 Å². The molecule has 4 aromatic rings. The molecule has 0 bridgehead atoms. The quantitative estimate of drug-likeness (QED) is 0.405. The van der Waals surface area contributed by atoms with Gasteiger partial charge in [0.1, 0.15) is 9.84 Å². The molecule has 0 aliphatic rings. The highest BCUT2D eigenvalue weighted by Gasteiger charge is 2.26. The molecule has 0 aliphatic heterocycles. The van der Waals surface area contributed by atoms with Gasteiger partial charge in [-0.1, -0.05) is 6.07 Å². The number of aromatic amines is 1. The molecule has 178 valence electrons. The average molecular weight is 484 g/mol. The van der Waals surface area contributed by atoms with E-state index in [-0.39, 0.29) is 5.75 Å². The summed E-state index contributed by atoms with van der Waals surface area (Å²) in [7, 11) is -1.95. The number of hydrogen-bond acceptors (Lipinski definition) is 8. The van der Waals surface area contributed by atoms with E-state index in [1.807, 2.05) is 13.8 Å². The third-order valence-corrected chi connectivity index (χ3v) is 6.28. The van der Waals surface area contributed by atoms with E-state index >= 15 is 0 Å². The van der Waals surface area contributed by atoms with Gasteiger partial charge in [-0.2, -0.15) is 0 Å². The third kappa shape index (κ3) is 4.65. The van der Waals surface area contributed by atoms with Gasteiger partial charge in [-0.05, 0) is 37.6 Å². The first kappa shape index (κ1) is 23.4. The molecule has 1 aromatic carbocycles. The lowest BCUT2D eigenvalue weighted by Crippen LogP contribution is -2.28. The largest absolute Gasteiger partial charge is 0.493 e. The van der Waals surface area contributed by atoms with Crippen LogP contribution in [0.4, 0.5) is 0 Å². The second-order valence-electron chi connectivity index (χ2n) is 7.84. The van der Waals surface area contributed by atoms with E-state index in [1.165, 1.54) is 11.7 Å². The number of imidazole rings is 1. The van der Waals surface area contributed by atoms with Crippen LogP contribution in [-0.4, -0.2) is 58.6 Å². The van der Waals surface area contributed by atoms with E-state index in [2.05, 4.69) is 19.9 Å². The number of ether oxygens (including phenoxy) is 2. The van der Waals surface area contributed by atoms with Crippen molar-refractivity contribution < 1.29 is 17.9 Å². The Morgan fingerprint density at radius 3 is 2.56 bits per heavy atom. The number of methoxy groups -OCH3 is 1. The molecule has 34 heavy (non-hydrogen) atoms. The van der Waals surface area contributed by atoms with Crippen LogP contribution in [0.25, 0.3) is 22.4 Å². The molecular formula is C23H25N5O5S. The maximum absolute atomic E-state index is 13.1. The minimum atomic E-state index is -3.47. The average Bonchev–Trinajstić information content (AvgIpc) is 3.12. The number of fused-ring (bicyclic) bond motifs is 1. The zero-order valence-electron chi connectivity index (χ0n) is 19.3. The summed E-state index contributed by atoms with van der Waals surface area (Å²) in [6, 6.07) is 6.03. The maximum Gasteiger partial charge on any atom is 0.328 e. The van der Waals surface area contributed by atoms with Gasteiger partial charge in [0.25, 0.3) is 0 Å². The van der Waals surface area contributed by atoms with E-state index in [0.717, 1.165) is 11.9 Å². The minimum absolute atomic E-state index is 0.301. The topological polar surface area (TPSA) is 129 Å². The first-order valence-corrected chi connectivity index (χ1v) is 12.6. The first-order chi connectivity index (χ1) is 16.2. The zero-order valence-corrected chi connectivity index (χ0v) is 20.1. The van der Waals surface area contributed by atoms with E-state index in [0.29, 0.717) is 46.1 Å². The van der Waals surface area contributed by atoms with Crippen LogP contribution in [0.15, 0.2) is 47.7 Å². The van der Waals surface area contributed by atoms with Crippen molar-refractivity contribution in [3.63, 3.8) is 0 Å². The van der Waals surface area contributed by atoms with Gasteiger partial charge >= 0.3 is 5.69 Å². The molecule has 0 amide bonds. The van der Waals surface area contributed by atoms with Crippen LogP contribution in [0.1, 0.15) is 24.2 Å². The van der Waals surface area contributed by atoms with E-state index in [4.69, 9.17) is 9.47 Å². The minimum Gasteiger partial charge on any atom is -0.493 e. The molecule has 1 N–H and O–H groups in total. The predicted octanol–water partition coefficient (Wildman–Crippen LogP) is 2.53. The van der Waals surface area contributed by atoms with Gasteiger partial charge in [0.15, 0.2) is 17.1 Å². The summed E-state index contributed by atoms with van der Waals surface area (Å²) >= 11 is 0. The van der Waals surface area contributed by atoms with Crippen LogP contribution in [0, 0.1) is 6.92 Å². The van der Waals surface area contributed by atoms with Crippen LogP contribution < -0.4 is 15.2 Å². The smallest absolute Gasteiger partial charge is 0.328 e. The lowest BCUT2D eigenvalue weighted by molar-refractivity contribution is 0.310. The highest BCUT2D eigenvalue weighted by Crippen LogP contribution is 2.33. The molecule has 0 aliphatic carbocycles. The number of aryl methyl sites for hydroxylation is 1. The Hall–Kier alpha value is -3.73. The Morgan fingerprint density at radius 1 is 1.12 bits per heavy atom. The van der Waals surface area contributed by atoms with Gasteiger partial charge in [0.2, 0.25) is 0 Å². The second-order valence-corrected chi connectivity index (χ2v) is 10.0. The molecule has 0 radical (unpaired) electrons. The number of benzene rings is 1. The van der Waals surface area contributed by atoms with Gasteiger partial charge < -0.3 is 14.5 Å². The Bertz CT molecular complexity index is 1510. The fourth-order valence-corrected chi connectivity index (χ4v) is 4.81. The molecule has 0 spiro atoms. The van der Waals surface area contributed by atoms with Gasteiger partial charge in [0, 0.05) is 30.4 Å². The molecule has 3 aromatic heterocycles. The van der Waals surface area contributed by atoms with Crippen molar-refractivity contribution in [2.75, 3.05) is 25.7 Å². The molecule has 4 rings (SSSR count). The SMILES string of the molecule is CCOc1cc([C@@H](CS(C)(=O)=O)n2c(=O)[nH]c3cc(-c4nccnc4C)cnc32)ccc1OC. The number of aromatic nitrogens is 5. The summed E-state index contributed by atoms with van der Waals surface area (Å²) in [5, 5.41) is 0. The molecule has 10 nitrogen and oxygen atoms in total. The van der Waals surface area contributed by atoms with Crippen molar-refractivity contribution >= 4 is 21.0 Å². The number of pyridine rings is 1. The molecule has 0 saturated heterocycles.